The highest BCUT2D eigenvalue weighted by Gasteiger charge is 2.41. The van der Waals surface area contributed by atoms with Gasteiger partial charge in [-0.25, -0.2) is 4.79 Å². The van der Waals surface area contributed by atoms with E-state index in [4.69, 9.17) is 15.2 Å². The summed E-state index contributed by atoms with van der Waals surface area (Å²) in [7, 11) is 3.08. The molecule has 110 valence electrons. The number of ether oxygens (including phenoxy) is 2. The summed E-state index contributed by atoms with van der Waals surface area (Å²) in [4.78, 5) is 11.6. The summed E-state index contributed by atoms with van der Waals surface area (Å²) in [5.74, 6) is -0.410. The van der Waals surface area contributed by atoms with Gasteiger partial charge in [0.1, 0.15) is 0 Å². The number of carbonyl (C=O) groups is 1. The summed E-state index contributed by atoms with van der Waals surface area (Å²) >= 11 is 0. The summed E-state index contributed by atoms with van der Waals surface area (Å²) in [6, 6.07) is 5.35. The van der Waals surface area contributed by atoms with E-state index in [1.54, 1.807) is 19.2 Å². The molecule has 0 unspecified atom stereocenters. The Morgan fingerprint density at radius 1 is 1.40 bits per heavy atom. The Balaban J connectivity index is 1.98. The number of nitrogen functional groups attached to an aromatic ring is 1. The molecule has 0 radical (unpaired) electrons. The van der Waals surface area contributed by atoms with Crippen molar-refractivity contribution in [3.8, 4) is 0 Å². The van der Waals surface area contributed by atoms with Crippen LogP contribution in [0.3, 0.4) is 0 Å². The number of methoxy groups -OCH3 is 2. The minimum atomic E-state index is -0.410. The molecule has 1 aromatic rings. The minimum absolute atomic E-state index is 0.350. The smallest absolute Gasteiger partial charge is 0.340 e. The molecule has 0 atom stereocenters. The van der Waals surface area contributed by atoms with E-state index in [0.29, 0.717) is 16.7 Å². The lowest BCUT2D eigenvalue weighted by Gasteiger charge is -2.17. The fourth-order valence-corrected chi connectivity index (χ4v) is 2.25. The molecule has 5 nitrogen and oxygen atoms in total. The highest BCUT2D eigenvalue weighted by molar-refractivity contribution is 5.96. The fraction of sp³-hybridized carbons (Fsp3) is 0.533. The van der Waals surface area contributed by atoms with Gasteiger partial charge in [-0.15, -0.1) is 0 Å². The van der Waals surface area contributed by atoms with Gasteiger partial charge in [-0.1, -0.05) is 0 Å². The third-order valence-corrected chi connectivity index (χ3v) is 3.92. The number of benzene rings is 1. The van der Waals surface area contributed by atoms with Crippen LogP contribution in [-0.2, 0) is 9.47 Å². The zero-order chi connectivity index (χ0) is 14.6. The summed E-state index contributed by atoms with van der Waals surface area (Å²) < 4.78 is 9.86. The van der Waals surface area contributed by atoms with Crippen LogP contribution < -0.4 is 11.1 Å². The van der Waals surface area contributed by atoms with E-state index in [-0.39, 0.29) is 0 Å². The molecule has 1 fully saturated rings. The normalized spacial score (nSPS) is 15.7. The number of nitrogens with two attached hydrogens (primary N) is 1. The SMILES string of the molecule is COCCC1(CNc2ccc(N)c(C(=O)OC)c2)CC1. The van der Waals surface area contributed by atoms with Crippen molar-refractivity contribution in [2.24, 2.45) is 5.41 Å². The third-order valence-electron chi connectivity index (χ3n) is 3.92. The average molecular weight is 278 g/mol. The molecule has 3 N–H and O–H groups in total. The molecule has 1 aliphatic carbocycles. The average Bonchev–Trinajstić information content (AvgIpc) is 3.24. The molecule has 0 aliphatic heterocycles. The maximum atomic E-state index is 11.6. The van der Waals surface area contributed by atoms with Gasteiger partial charge in [-0.05, 0) is 42.9 Å². The first-order valence-electron chi connectivity index (χ1n) is 6.81. The Kier molecular flexibility index (Phi) is 4.49. The van der Waals surface area contributed by atoms with Crippen LogP contribution in [0.15, 0.2) is 18.2 Å². The monoisotopic (exact) mass is 278 g/mol. The second kappa shape index (κ2) is 6.13. The van der Waals surface area contributed by atoms with Crippen LogP contribution >= 0.6 is 0 Å². The Labute approximate surface area is 119 Å². The number of rotatable bonds is 7. The molecule has 0 heterocycles. The van der Waals surface area contributed by atoms with Gasteiger partial charge in [0.25, 0.3) is 0 Å². The van der Waals surface area contributed by atoms with Gasteiger partial charge in [-0.3, -0.25) is 0 Å². The molecule has 0 spiro atoms. The molecule has 0 bridgehead atoms. The minimum Gasteiger partial charge on any atom is -0.465 e. The first-order valence-corrected chi connectivity index (χ1v) is 6.81. The molecule has 0 saturated heterocycles. The molecule has 0 aromatic heterocycles. The van der Waals surface area contributed by atoms with Gasteiger partial charge >= 0.3 is 5.97 Å². The van der Waals surface area contributed by atoms with E-state index in [0.717, 1.165) is 25.3 Å². The summed E-state index contributed by atoms with van der Waals surface area (Å²) in [6.07, 6.45) is 3.51. The van der Waals surface area contributed by atoms with Crippen molar-refractivity contribution in [1.29, 1.82) is 0 Å². The standard InChI is InChI=1S/C15H22N2O3/c1-19-8-7-15(5-6-15)10-17-11-3-4-13(16)12(9-11)14(18)20-2/h3-4,9,17H,5-8,10,16H2,1-2H3. The molecular weight excluding hydrogens is 256 g/mol. The summed E-state index contributed by atoms with van der Waals surface area (Å²) in [6.45, 7) is 1.68. The first kappa shape index (κ1) is 14.7. The van der Waals surface area contributed by atoms with Crippen molar-refractivity contribution < 1.29 is 14.3 Å². The maximum Gasteiger partial charge on any atom is 0.340 e. The number of hydrogen-bond acceptors (Lipinski definition) is 5. The summed E-state index contributed by atoms with van der Waals surface area (Å²) in [5, 5.41) is 3.38. The van der Waals surface area contributed by atoms with Crippen molar-refractivity contribution in [3.63, 3.8) is 0 Å². The number of anilines is 2. The summed E-state index contributed by atoms with van der Waals surface area (Å²) in [5.41, 5.74) is 7.86. The van der Waals surface area contributed by atoms with E-state index < -0.39 is 5.97 Å². The van der Waals surface area contributed by atoms with Crippen molar-refractivity contribution in [1.82, 2.24) is 0 Å². The molecule has 1 saturated carbocycles. The van der Waals surface area contributed by atoms with Crippen LogP contribution in [0.1, 0.15) is 29.6 Å². The fourth-order valence-electron chi connectivity index (χ4n) is 2.25. The number of hydrogen-bond donors (Lipinski definition) is 2. The second-order valence-corrected chi connectivity index (χ2v) is 5.39. The largest absolute Gasteiger partial charge is 0.465 e. The predicted octanol–water partition coefficient (Wildman–Crippen LogP) is 2.28. The van der Waals surface area contributed by atoms with E-state index >= 15 is 0 Å². The lowest BCUT2D eigenvalue weighted by Crippen LogP contribution is -2.17. The van der Waals surface area contributed by atoms with Gasteiger partial charge in [0.2, 0.25) is 0 Å². The van der Waals surface area contributed by atoms with E-state index in [2.05, 4.69) is 5.32 Å². The van der Waals surface area contributed by atoms with Crippen LogP contribution in [-0.4, -0.2) is 33.3 Å². The van der Waals surface area contributed by atoms with E-state index in [9.17, 15) is 4.79 Å². The molecule has 1 aromatic carbocycles. The van der Waals surface area contributed by atoms with Crippen molar-refractivity contribution in [2.75, 3.05) is 38.4 Å². The third kappa shape index (κ3) is 3.42. The van der Waals surface area contributed by atoms with Gasteiger partial charge in [0.15, 0.2) is 0 Å². The Morgan fingerprint density at radius 2 is 2.15 bits per heavy atom. The van der Waals surface area contributed by atoms with Gasteiger partial charge in [0, 0.05) is 31.6 Å². The Hall–Kier alpha value is -1.75. The van der Waals surface area contributed by atoms with Crippen LogP contribution in [0.4, 0.5) is 11.4 Å². The topological polar surface area (TPSA) is 73.6 Å². The van der Waals surface area contributed by atoms with E-state index in [1.807, 2.05) is 6.07 Å². The lowest BCUT2D eigenvalue weighted by molar-refractivity contribution is 0.0602. The van der Waals surface area contributed by atoms with Crippen molar-refractivity contribution in [3.05, 3.63) is 23.8 Å². The van der Waals surface area contributed by atoms with Crippen molar-refractivity contribution >= 4 is 17.3 Å². The number of esters is 1. The zero-order valence-corrected chi connectivity index (χ0v) is 12.1. The zero-order valence-electron chi connectivity index (χ0n) is 12.1. The molecule has 2 rings (SSSR count). The van der Waals surface area contributed by atoms with Crippen LogP contribution in [0, 0.1) is 5.41 Å². The predicted molar refractivity (Wildman–Crippen MR) is 78.8 cm³/mol. The quantitative estimate of drug-likeness (QED) is 0.591. The van der Waals surface area contributed by atoms with Crippen LogP contribution in [0.25, 0.3) is 0 Å². The Morgan fingerprint density at radius 3 is 2.75 bits per heavy atom. The lowest BCUT2D eigenvalue weighted by atomic mass is 10.0. The van der Waals surface area contributed by atoms with Crippen LogP contribution in [0.2, 0.25) is 0 Å². The highest BCUT2D eigenvalue weighted by Crippen LogP contribution is 2.48. The number of carbonyl (C=O) groups excluding carboxylic acids is 1. The maximum absolute atomic E-state index is 11.6. The molecule has 20 heavy (non-hydrogen) atoms. The molecule has 1 aliphatic rings. The number of nitrogens with one attached hydrogen (secondary N) is 1. The van der Waals surface area contributed by atoms with Crippen molar-refractivity contribution in [2.45, 2.75) is 19.3 Å². The Bertz CT molecular complexity index is 484. The highest BCUT2D eigenvalue weighted by atomic mass is 16.5. The van der Waals surface area contributed by atoms with Gasteiger partial charge in [0.05, 0.1) is 12.7 Å². The van der Waals surface area contributed by atoms with Gasteiger partial charge in [-0.2, -0.15) is 0 Å². The van der Waals surface area contributed by atoms with Crippen LogP contribution in [0.5, 0.6) is 0 Å². The molecule has 0 amide bonds. The second-order valence-electron chi connectivity index (χ2n) is 5.39. The molecule has 5 heteroatoms. The molecular formula is C15H22N2O3. The van der Waals surface area contributed by atoms with Gasteiger partial charge < -0.3 is 20.5 Å². The first-order chi connectivity index (χ1) is 9.60. The van der Waals surface area contributed by atoms with E-state index in [1.165, 1.54) is 20.0 Å².